The number of fused-ring (bicyclic) bond motifs is 10. The van der Waals surface area contributed by atoms with E-state index in [0.29, 0.717) is 17.6 Å². The number of nitrogens with zero attached hydrogens (tertiary/aromatic N) is 5. The second-order valence-electron chi connectivity index (χ2n) is 19.1. The van der Waals surface area contributed by atoms with Gasteiger partial charge in [-0.15, -0.1) is 11.3 Å². The van der Waals surface area contributed by atoms with E-state index in [1.165, 1.54) is 63.9 Å². The fourth-order valence-corrected chi connectivity index (χ4v) is 12.0. The molecule has 65 heavy (non-hydrogen) atoms. The van der Waals surface area contributed by atoms with Gasteiger partial charge in [-0.25, -0.2) is 4.98 Å². The molecule has 5 nitrogen and oxygen atoms in total. The number of aromatic nitrogens is 5. The molecule has 0 bridgehead atoms. The van der Waals surface area contributed by atoms with Crippen molar-refractivity contribution < 1.29 is 0 Å². The molecule has 0 fully saturated rings. The molecule has 4 aromatic heterocycles. The molecule has 6 heteroatoms. The fourth-order valence-electron chi connectivity index (χ4n) is 10.7. The Labute approximate surface area is 381 Å². The van der Waals surface area contributed by atoms with E-state index < -0.39 is 0 Å². The summed E-state index contributed by atoms with van der Waals surface area (Å²) >= 11 is 1.85. The maximum atomic E-state index is 5.52. The molecule has 0 spiro atoms. The van der Waals surface area contributed by atoms with E-state index in [1.807, 2.05) is 17.4 Å². The highest BCUT2D eigenvalue weighted by molar-refractivity contribution is 7.26. The molecule has 0 saturated heterocycles. The molecule has 12 aromatic rings. The first kappa shape index (κ1) is 38.1. The average Bonchev–Trinajstić information content (AvgIpc) is 3.99. The Morgan fingerprint density at radius 2 is 0.985 bits per heavy atom. The zero-order chi connectivity index (χ0) is 43.6. The molecule has 1 aliphatic carbocycles. The molecule has 0 unspecified atom stereocenters. The van der Waals surface area contributed by atoms with Crippen molar-refractivity contribution in [1.29, 1.82) is 0 Å². The van der Waals surface area contributed by atoms with Gasteiger partial charge in [-0.3, -0.25) is 4.57 Å². The van der Waals surface area contributed by atoms with Crippen LogP contribution in [0.15, 0.2) is 176 Å². The minimum Gasteiger partial charge on any atom is -0.309 e. The molecule has 1 aliphatic rings. The summed E-state index contributed by atoms with van der Waals surface area (Å²) in [6.07, 6.45) is 2.26. The Morgan fingerprint density at radius 3 is 1.78 bits per heavy atom. The van der Waals surface area contributed by atoms with Gasteiger partial charge in [0.1, 0.15) is 0 Å². The van der Waals surface area contributed by atoms with E-state index in [2.05, 4.69) is 207 Å². The Hall–Kier alpha value is -7.41. The van der Waals surface area contributed by atoms with Crippen LogP contribution in [0.1, 0.15) is 51.7 Å². The van der Waals surface area contributed by atoms with Crippen molar-refractivity contribution in [2.45, 2.75) is 51.4 Å². The van der Waals surface area contributed by atoms with Crippen molar-refractivity contribution >= 4 is 75.1 Å². The number of thiophene rings is 1. The van der Waals surface area contributed by atoms with E-state index in [1.54, 1.807) is 0 Å². The van der Waals surface area contributed by atoms with E-state index in [0.717, 1.165) is 51.8 Å². The van der Waals surface area contributed by atoms with E-state index >= 15 is 0 Å². The van der Waals surface area contributed by atoms with Crippen LogP contribution in [0.5, 0.6) is 0 Å². The van der Waals surface area contributed by atoms with Crippen molar-refractivity contribution in [3.63, 3.8) is 0 Å². The average molecular weight is 856 g/mol. The lowest BCUT2D eigenvalue weighted by Crippen LogP contribution is -2.33. The van der Waals surface area contributed by atoms with Crippen LogP contribution in [0, 0.1) is 0 Å². The number of hydrogen-bond acceptors (Lipinski definition) is 4. The van der Waals surface area contributed by atoms with Crippen molar-refractivity contribution in [3.8, 4) is 45.5 Å². The summed E-state index contributed by atoms with van der Waals surface area (Å²) in [4.78, 5) is 16.2. The van der Waals surface area contributed by atoms with Crippen LogP contribution in [0.25, 0.3) is 109 Å². The van der Waals surface area contributed by atoms with Gasteiger partial charge in [0.05, 0.1) is 22.1 Å². The largest absolute Gasteiger partial charge is 0.309 e. The van der Waals surface area contributed by atoms with Crippen molar-refractivity contribution in [3.05, 3.63) is 187 Å². The van der Waals surface area contributed by atoms with Crippen molar-refractivity contribution in [2.75, 3.05) is 0 Å². The number of para-hydroxylation sites is 2. The molecular weight excluding hydrogens is 811 g/mol. The highest BCUT2D eigenvalue weighted by Crippen LogP contribution is 2.49. The van der Waals surface area contributed by atoms with Gasteiger partial charge in [-0.05, 0) is 101 Å². The lowest BCUT2D eigenvalue weighted by atomic mass is 9.63. The smallest absolute Gasteiger partial charge is 0.238 e. The SMILES string of the molecule is CC1(C)CCC(C)(C)c2cc3c(cc21)c1cc2c4ccccc4n(-c4ccccc4)c2cc1n3-c1nc(-c2ccccc2)nc(-c2cccc(-c3cccc4c3sc3ccccc34)c2)n1. The van der Waals surface area contributed by atoms with Crippen LogP contribution in [0.2, 0.25) is 0 Å². The second kappa shape index (κ2) is 14.0. The third-order valence-corrected chi connectivity index (χ3v) is 15.5. The summed E-state index contributed by atoms with van der Waals surface area (Å²) in [5, 5.41) is 7.43. The molecule has 0 radical (unpaired) electrons. The fraction of sp³-hybridized carbons (Fsp3) is 0.136. The molecule has 0 saturated carbocycles. The predicted octanol–water partition coefficient (Wildman–Crippen LogP) is 15.8. The van der Waals surface area contributed by atoms with Gasteiger partial charge in [0.15, 0.2) is 11.6 Å². The standard InChI is InChI=1S/C59H45N5S/c1-58(2)29-30-59(3,4)48-34-50-46(33-47(48)58)45-32-44-41-23-11-13-27-49(41)63(39-21-9-6-10-22-39)51(44)35-52(45)64(50)57-61-55(36-17-7-5-8-18-36)60-56(62-57)38-20-15-19-37(31-38)40-25-16-26-43-42-24-12-14-28-53(42)65-54(40)43/h5-28,31-35H,29-30H2,1-4H3. The van der Waals surface area contributed by atoms with Gasteiger partial charge in [0, 0.05) is 58.5 Å². The molecule has 0 N–H and O–H groups in total. The third kappa shape index (κ3) is 5.86. The Morgan fingerprint density at radius 1 is 0.415 bits per heavy atom. The van der Waals surface area contributed by atoms with Crippen molar-refractivity contribution in [2.24, 2.45) is 0 Å². The summed E-state index contributed by atoms with van der Waals surface area (Å²) in [5.74, 6) is 1.87. The monoisotopic (exact) mass is 855 g/mol. The van der Waals surface area contributed by atoms with Crippen LogP contribution < -0.4 is 0 Å². The predicted molar refractivity (Wildman–Crippen MR) is 273 cm³/mol. The summed E-state index contributed by atoms with van der Waals surface area (Å²) in [7, 11) is 0. The second-order valence-corrected chi connectivity index (χ2v) is 20.2. The molecule has 0 amide bonds. The first-order valence-corrected chi connectivity index (χ1v) is 23.5. The molecule has 8 aromatic carbocycles. The summed E-state index contributed by atoms with van der Waals surface area (Å²) in [6, 6.07) is 63.7. The van der Waals surface area contributed by atoms with E-state index in [4.69, 9.17) is 15.0 Å². The maximum Gasteiger partial charge on any atom is 0.238 e. The number of benzene rings is 8. The van der Waals surface area contributed by atoms with Crippen LogP contribution in [0.3, 0.4) is 0 Å². The first-order chi connectivity index (χ1) is 31.7. The molecular formula is C59H45N5S. The van der Waals surface area contributed by atoms with Crippen molar-refractivity contribution in [1.82, 2.24) is 24.1 Å². The third-order valence-electron chi connectivity index (χ3n) is 14.2. The van der Waals surface area contributed by atoms with Crippen LogP contribution in [-0.4, -0.2) is 24.1 Å². The minimum atomic E-state index is 0.00228. The Balaban J connectivity index is 1.11. The van der Waals surface area contributed by atoms with E-state index in [-0.39, 0.29) is 10.8 Å². The molecule has 13 rings (SSSR count). The lowest BCUT2D eigenvalue weighted by Gasteiger charge is -2.42. The molecule has 4 heterocycles. The quantitative estimate of drug-likeness (QED) is 0.173. The Kier molecular flexibility index (Phi) is 8.23. The zero-order valence-electron chi connectivity index (χ0n) is 36.8. The van der Waals surface area contributed by atoms with Crippen LogP contribution in [0.4, 0.5) is 0 Å². The van der Waals surface area contributed by atoms with Gasteiger partial charge >= 0.3 is 0 Å². The van der Waals surface area contributed by atoms with Crippen LogP contribution in [-0.2, 0) is 10.8 Å². The molecule has 0 atom stereocenters. The Bertz CT molecular complexity index is 3890. The highest BCUT2D eigenvalue weighted by atomic mass is 32.1. The summed E-state index contributed by atoms with van der Waals surface area (Å²) in [5.41, 5.74) is 12.7. The zero-order valence-corrected chi connectivity index (χ0v) is 37.6. The summed E-state index contributed by atoms with van der Waals surface area (Å²) < 4.78 is 7.31. The van der Waals surface area contributed by atoms with E-state index in [9.17, 15) is 0 Å². The van der Waals surface area contributed by atoms with Gasteiger partial charge in [0.25, 0.3) is 0 Å². The van der Waals surface area contributed by atoms with Gasteiger partial charge in [-0.2, -0.15) is 9.97 Å². The maximum absolute atomic E-state index is 5.52. The number of hydrogen-bond donors (Lipinski definition) is 0. The normalized spacial score (nSPS) is 14.6. The highest BCUT2D eigenvalue weighted by Gasteiger charge is 2.38. The van der Waals surface area contributed by atoms with Crippen LogP contribution >= 0.6 is 11.3 Å². The van der Waals surface area contributed by atoms with Gasteiger partial charge in [-0.1, -0.05) is 149 Å². The first-order valence-electron chi connectivity index (χ1n) is 22.6. The molecule has 0 aliphatic heterocycles. The lowest BCUT2D eigenvalue weighted by molar-refractivity contribution is 0.332. The van der Waals surface area contributed by atoms with Gasteiger partial charge < -0.3 is 4.57 Å². The summed E-state index contributed by atoms with van der Waals surface area (Å²) in [6.45, 7) is 9.64. The topological polar surface area (TPSA) is 48.5 Å². The minimum absolute atomic E-state index is 0.00228. The van der Waals surface area contributed by atoms with Gasteiger partial charge in [0.2, 0.25) is 5.95 Å². The molecule has 312 valence electrons. The number of rotatable bonds is 5.